The van der Waals surface area contributed by atoms with Crippen molar-refractivity contribution >= 4 is 11.6 Å². The molecule has 0 N–H and O–H groups in total. The van der Waals surface area contributed by atoms with Crippen molar-refractivity contribution in [3.63, 3.8) is 0 Å². The number of benzene rings is 2. The number of nitrogens with zero attached hydrogens (tertiary/aromatic N) is 4. The van der Waals surface area contributed by atoms with Crippen molar-refractivity contribution in [1.82, 2.24) is 14.7 Å². The van der Waals surface area contributed by atoms with Gasteiger partial charge in [0.1, 0.15) is 0 Å². The van der Waals surface area contributed by atoms with E-state index in [1.165, 1.54) is 24.1 Å². The van der Waals surface area contributed by atoms with Crippen LogP contribution in [-0.4, -0.2) is 40.7 Å². The maximum absolute atomic E-state index is 13.2. The highest BCUT2D eigenvalue weighted by molar-refractivity contribution is 5.97. The van der Waals surface area contributed by atoms with Crippen LogP contribution in [-0.2, 0) is 6.54 Å². The molecule has 0 atom stereocenters. The molecule has 3 aromatic rings. The summed E-state index contributed by atoms with van der Waals surface area (Å²) in [5.41, 5.74) is 3.89. The summed E-state index contributed by atoms with van der Waals surface area (Å²) in [5, 5.41) is 4.28. The molecule has 0 aliphatic carbocycles. The zero-order valence-corrected chi connectivity index (χ0v) is 15.6. The molecule has 1 fully saturated rings. The maximum Gasteiger partial charge on any atom is 0.256 e. The third kappa shape index (κ3) is 3.58. The molecule has 0 radical (unpaired) electrons. The average molecular weight is 360 g/mol. The van der Waals surface area contributed by atoms with Crippen molar-refractivity contribution in [2.75, 3.05) is 25.0 Å². The Labute approximate surface area is 159 Å². The minimum atomic E-state index is -0.00248. The lowest BCUT2D eigenvalue weighted by Gasteiger charge is -2.25. The number of carbonyl (C=O) groups is 1. The van der Waals surface area contributed by atoms with E-state index in [0.717, 1.165) is 18.8 Å². The second kappa shape index (κ2) is 7.66. The lowest BCUT2D eigenvalue weighted by molar-refractivity contribution is 0.0785. The second-order valence-corrected chi connectivity index (χ2v) is 6.95. The topological polar surface area (TPSA) is 41.4 Å². The molecule has 4 rings (SSSR count). The van der Waals surface area contributed by atoms with Crippen molar-refractivity contribution in [2.45, 2.75) is 19.4 Å². The molecular weight excluding hydrogens is 336 g/mol. The summed E-state index contributed by atoms with van der Waals surface area (Å²) in [6.07, 6.45) is 6.05. The lowest BCUT2D eigenvalue weighted by atomic mass is 10.1. The highest BCUT2D eigenvalue weighted by Crippen LogP contribution is 2.26. The van der Waals surface area contributed by atoms with Crippen LogP contribution < -0.4 is 4.90 Å². The Balaban J connectivity index is 1.58. The average Bonchev–Trinajstić information content (AvgIpc) is 3.42. The smallest absolute Gasteiger partial charge is 0.256 e. The molecule has 2 heterocycles. The molecule has 0 bridgehead atoms. The van der Waals surface area contributed by atoms with E-state index >= 15 is 0 Å². The summed E-state index contributed by atoms with van der Waals surface area (Å²) in [6.45, 7) is 2.77. The molecule has 5 nitrogen and oxygen atoms in total. The van der Waals surface area contributed by atoms with Gasteiger partial charge >= 0.3 is 0 Å². The Morgan fingerprint density at radius 1 is 1.00 bits per heavy atom. The van der Waals surface area contributed by atoms with Gasteiger partial charge in [0.25, 0.3) is 5.91 Å². The van der Waals surface area contributed by atoms with Crippen LogP contribution >= 0.6 is 0 Å². The summed E-state index contributed by atoms with van der Waals surface area (Å²) in [5.74, 6) is -0.00248. The summed E-state index contributed by atoms with van der Waals surface area (Å²) >= 11 is 0. The number of anilines is 1. The summed E-state index contributed by atoms with van der Waals surface area (Å²) in [7, 11) is 1.86. The predicted molar refractivity (Wildman–Crippen MR) is 107 cm³/mol. The number of hydrogen-bond donors (Lipinski definition) is 0. The van der Waals surface area contributed by atoms with E-state index in [0.29, 0.717) is 12.1 Å². The highest BCUT2D eigenvalue weighted by Gasteiger charge is 2.20. The zero-order chi connectivity index (χ0) is 18.6. The van der Waals surface area contributed by atoms with Crippen LogP contribution in [0.5, 0.6) is 0 Å². The van der Waals surface area contributed by atoms with Gasteiger partial charge < -0.3 is 9.80 Å². The molecule has 138 valence electrons. The first-order chi connectivity index (χ1) is 13.2. The van der Waals surface area contributed by atoms with Gasteiger partial charge in [0.15, 0.2) is 0 Å². The Hall–Kier alpha value is -3.08. The first kappa shape index (κ1) is 17.3. The third-order valence-corrected chi connectivity index (χ3v) is 5.08. The zero-order valence-electron chi connectivity index (χ0n) is 15.6. The summed E-state index contributed by atoms with van der Waals surface area (Å²) < 4.78 is 1.74. The Morgan fingerprint density at radius 3 is 2.44 bits per heavy atom. The Morgan fingerprint density at radius 2 is 1.70 bits per heavy atom. The first-order valence-corrected chi connectivity index (χ1v) is 9.41. The fourth-order valence-electron chi connectivity index (χ4n) is 3.71. The third-order valence-electron chi connectivity index (χ3n) is 5.08. The van der Waals surface area contributed by atoms with Crippen LogP contribution in [0.25, 0.3) is 5.69 Å². The molecule has 1 aliphatic rings. The van der Waals surface area contributed by atoms with Crippen molar-refractivity contribution in [3.05, 3.63) is 78.1 Å². The number of hydrogen-bond acceptors (Lipinski definition) is 3. The van der Waals surface area contributed by atoms with Gasteiger partial charge in [-0.1, -0.05) is 30.3 Å². The van der Waals surface area contributed by atoms with E-state index in [2.05, 4.69) is 28.2 Å². The molecule has 0 saturated carbocycles. The molecule has 1 aliphatic heterocycles. The first-order valence-electron chi connectivity index (χ1n) is 9.41. The lowest BCUT2D eigenvalue weighted by Crippen LogP contribution is -2.29. The largest absolute Gasteiger partial charge is 0.371 e. The number of para-hydroxylation sites is 2. The Bertz CT molecular complexity index is 914. The van der Waals surface area contributed by atoms with E-state index in [-0.39, 0.29) is 5.91 Å². The molecule has 0 unspecified atom stereocenters. The molecule has 1 aromatic heterocycles. The maximum atomic E-state index is 13.2. The standard InChI is InChI=1S/C22H24N4O/c1-24(17-18-9-2-4-11-20(18)25-14-6-7-15-25)22(27)19-10-3-5-12-21(19)26-16-8-13-23-26/h2-5,8-13,16H,6-7,14-15,17H2,1H3. The number of rotatable bonds is 5. The van der Waals surface area contributed by atoms with Crippen molar-refractivity contribution < 1.29 is 4.79 Å². The van der Waals surface area contributed by atoms with Crippen LogP contribution in [0.1, 0.15) is 28.8 Å². The Kier molecular flexibility index (Phi) is 4.92. The van der Waals surface area contributed by atoms with Crippen LogP contribution in [0, 0.1) is 0 Å². The van der Waals surface area contributed by atoms with Crippen molar-refractivity contribution in [3.8, 4) is 5.69 Å². The van der Waals surface area contributed by atoms with Gasteiger partial charge in [0.05, 0.1) is 11.3 Å². The quantitative estimate of drug-likeness (QED) is 0.696. The van der Waals surface area contributed by atoms with E-state index < -0.39 is 0 Å². The van der Waals surface area contributed by atoms with Gasteiger partial charge in [0.2, 0.25) is 0 Å². The molecule has 1 amide bonds. The van der Waals surface area contributed by atoms with Gasteiger partial charge in [-0.3, -0.25) is 4.79 Å². The van der Waals surface area contributed by atoms with Crippen LogP contribution in [0.4, 0.5) is 5.69 Å². The molecule has 0 spiro atoms. The summed E-state index contributed by atoms with van der Waals surface area (Å²) in [6, 6.07) is 17.9. The van der Waals surface area contributed by atoms with E-state index in [9.17, 15) is 4.79 Å². The van der Waals surface area contributed by atoms with Crippen molar-refractivity contribution in [1.29, 1.82) is 0 Å². The molecule has 1 saturated heterocycles. The van der Waals surface area contributed by atoms with Gasteiger partial charge in [-0.15, -0.1) is 0 Å². The van der Waals surface area contributed by atoms with E-state index in [4.69, 9.17) is 0 Å². The summed E-state index contributed by atoms with van der Waals surface area (Å²) in [4.78, 5) is 17.4. The van der Waals surface area contributed by atoms with Gasteiger partial charge in [-0.2, -0.15) is 5.10 Å². The van der Waals surface area contributed by atoms with Crippen LogP contribution in [0.3, 0.4) is 0 Å². The van der Waals surface area contributed by atoms with Gasteiger partial charge in [0, 0.05) is 44.8 Å². The van der Waals surface area contributed by atoms with Crippen molar-refractivity contribution in [2.24, 2.45) is 0 Å². The molecule has 27 heavy (non-hydrogen) atoms. The van der Waals surface area contributed by atoms with Crippen LogP contribution in [0.2, 0.25) is 0 Å². The van der Waals surface area contributed by atoms with Gasteiger partial charge in [-0.25, -0.2) is 4.68 Å². The fraction of sp³-hybridized carbons (Fsp3) is 0.273. The SMILES string of the molecule is CN(Cc1ccccc1N1CCCC1)C(=O)c1ccccc1-n1cccn1. The van der Waals surface area contributed by atoms with E-state index in [1.807, 2.05) is 49.6 Å². The number of amides is 1. The normalized spacial score (nSPS) is 13.7. The van der Waals surface area contributed by atoms with E-state index in [1.54, 1.807) is 15.8 Å². The molecular formula is C22H24N4O. The second-order valence-electron chi connectivity index (χ2n) is 6.95. The van der Waals surface area contributed by atoms with Crippen LogP contribution in [0.15, 0.2) is 67.0 Å². The minimum Gasteiger partial charge on any atom is -0.371 e. The highest BCUT2D eigenvalue weighted by atomic mass is 16.2. The molecule has 5 heteroatoms. The minimum absolute atomic E-state index is 0.00248. The number of carbonyl (C=O) groups excluding carboxylic acids is 1. The monoisotopic (exact) mass is 360 g/mol. The fourth-order valence-corrected chi connectivity index (χ4v) is 3.71. The molecule has 2 aromatic carbocycles. The van der Waals surface area contributed by atoms with Gasteiger partial charge in [-0.05, 0) is 42.7 Å². The number of aromatic nitrogens is 2. The predicted octanol–water partition coefficient (Wildman–Crippen LogP) is 3.74.